The van der Waals surface area contributed by atoms with Crippen LogP contribution < -0.4 is 20.2 Å². The van der Waals surface area contributed by atoms with Gasteiger partial charge in [-0.2, -0.15) is 18.6 Å². The highest BCUT2D eigenvalue weighted by molar-refractivity contribution is 7.80. The maximum Gasteiger partial charge on any atom is 0.397 e. The first kappa shape index (κ1) is 50.9. The molecule has 3 atom stereocenters. The Kier molecular flexibility index (Phi) is 19.3. The molecule has 2 fully saturated rings. The van der Waals surface area contributed by atoms with Gasteiger partial charge in [0.1, 0.15) is 44.0 Å². The molecule has 4 heterocycles. The van der Waals surface area contributed by atoms with Crippen molar-refractivity contribution in [2.45, 2.75) is 116 Å². The Bertz CT molecular complexity index is 2380. The van der Waals surface area contributed by atoms with E-state index in [0.29, 0.717) is 35.2 Å². The number of rotatable bonds is 23. The second-order valence-corrected chi connectivity index (χ2v) is 18.7. The van der Waals surface area contributed by atoms with Crippen molar-refractivity contribution in [2.24, 2.45) is 0 Å². The third-order valence-electron chi connectivity index (χ3n) is 11.9. The van der Waals surface area contributed by atoms with Crippen molar-refractivity contribution in [3.63, 3.8) is 0 Å². The molecule has 2 aliphatic heterocycles. The van der Waals surface area contributed by atoms with Crippen LogP contribution in [-0.2, 0) is 36.4 Å². The van der Waals surface area contributed by atoms with Gasteiger partial charge in [-0.05, 0) is 80.4 Å². The molecule has 0 radical (unpaired) electrons. The monoisotopic (exact) mass is 970 g/mol. The summed E-state index contributed by atoms with van der Waals surface area (Å²) in [6.07, 6.45) is 17.0. The smallest absolute Gasteiger partial charge is 0.397 e. The lowest BCUT2D eigenvalue weighted by Gasteiger charge is -2.37. The van der Waals surface area contributed by atoms with Crippen molar-refractivity contribution in [3.05, 3.63) is 112 Å². The van der Waals surface area contributed by atoms with Crippen molar-refractivity contribution in [3.8, 4) is 11.4 Å². The quantitative estimate of drug-likeness (QED) is 0.0486. The highest BCUT2D eigenvalue weighted by Crippen LogP contribution is 2.40. The van der Waals surface area contributed by atoms with Crippen molar-refractivity contribution >= 4 is 45.0 Å². The van der Waals surface area contributed by atoms with E-state index >= 15 is 0 Å². The molecule has 0 aliphatic carbocycles. The second-order valence-electron chi connectivity index (χ2n) is 16.7. The number of aromatic nitrogens is 6. The van der Waals surface area contributed by atoms with Crippen molar-refractivity contribution in [1.82, 2.24) is 29.1 Å². The molecule has 0 unspecified atom stereocenters. The first-order chi connectivity index (χ1) is 31.9. The van der Waals surface area contributed by atoms with Gasteiger partial charge in [-0.25, -0.2) is 27.9 Å². The predicted molar refractivity (Wildman–Crippen MR) is 258 cm³/mol. The molecule has 5 aromatic rings. The van der Waals surface area contributed by atoms with Gasteiger partial charge in [-0.15, -0.1) is 0 Å². The van der Waals surface area contributed by atoms with Gasteiger partial charge in [0.05, 0.1) is 30.0 Å². The number of piperazine rings is 1. The van der Waals surface area contributed by atoms with Crippen LogP contribution >= 0.6 is 23.2 Å². The van der Waals surface area contributed by atoms with E-state index in [2.05, 4.69) is 60.4 Å². The molecule has 7 rings (SSSR count). The average molecular weight is 972 g/mol. The molecule has 0 saturated carbocycles. The van der Waals surface area contributed by atoms with Crippen LogP contribution in [0.5, 0.6) is 5.75 Å². The van der Waals surface area contributed by atoms with Crippen molar-refractivity contribution in [1.29, 1.82) is 0 Å². The van der Waals surface area contributed by atoms with Crippen LogP contribution in [0, 0.1) is 0 Å². The highest BCUT2D eigenvalue weighted by atomic mass is 35.5. The number of anilines is 2. The number of hydrogen-bond acceptors (Lipinski definition) is 12. The molecule has 1 N–H and O–H groups in total. The Hall–Kier alpha value is -4.49. The second kappa shape index (κ2) is 25.0. The maximum absolute atomic E-state index is 12.8. The lowest BCUT2D eigenvalue weighted by Crippen LogP contribution is -2.46. The van der Waals surface area contributed by atoms with E-state index in [9.17, 15) is 13.2 Å². The molecule has 2 aliphatic rings. The number of hydrogen-bond donors (Lipinski definition) is 1. The van der Waals surface area contributed by atoms with E-state index in [4.69, 9.17) is 42.0 Å². The Labute approximate surface area is 398 Å². The molecule has 2 aromatic heterocycles. The zero-order valence-corrected chi connectivity index (χ0v) is 40.5. The van der Waals surface area contributed by atoms with Gasteiger partial charge in [0.25, 0.3) is 0 Å². The fourth-order valence-electron chi connectivity index (χ4n) is 7.99. The van der Waals surface area contributed by atoms with Gasteiger partial charge in [0, 0.05) is 48.1 Å². The van der Waals surface area contributed by atoms with Crippen LogP contribution in [0.4, 0.5) is 11.4 Å². The summed E-state index contributed by atoms with van der Waals surface area (Å²) in [5.41, 5.74) is 3.64. The molecule has 19 heteroatoms. The minimum Gasteiger partial charge on any atom is -0.491 e. The molecule has 2 saturated heterocycles. The molecule has 66 heavy (non-hydrogen) atoms. The molecule has 0 spiro atoms. The molecule has 360 valence electrons. The van der Waals surface area contributed by atoms with Crippen LogP contribution in [0.15, 0.2) is 90.5 Å². The first-order valence-electron chi connectivity index (χ1n) is 23.1. The summed E-state index contributed by atoms with van der Waals surface area (Å²) >= 11 is 12.7. The van der Waals surface area contributed by atoms with Crippen LogP contribution in [0.2, 0.25) is 10.0 Å². The van der Waals surface area contributed by atoms with Gasteiger partial charge < -0.3 is 24.0 Å². The minimum absolute atomic E-state index is 0.0645. The van der Waals surface area contributed by atoms with Crippen molar-refractivity contribution < 1.29 is 31.4 Å². The van der Waals surface area contributed by atoms with Gasteiger partial charge in [-0.3, -0.25) is 4.55 Å². The van der Waals surface area contributed by atoms with E-state index in [-0.39, 0.29) is 31.0 Å². The van der Waals surface area contributed by atoms with E-state index < -0.39 is 16.2 Å². The summed E-state index contributed by atoms with van der Waals surface area (Å²) in [6.45, 7) is 10.8. The summed E-state index contributed by atoms with van der Waals surface area (Å²) in [5, 5.41) is 9.50. The Morgan fingerprint density at radius 3 is 2.00 bits per heavy atom. The molecule has 0 amide bonds. The van der Waals surface area contributed by atoms with E-state index in [1.165, 1.54) is 56.0 Å². The maximum atomic E-state index is 12.8. The summed E-state index contributed by atoms with van der Waals surface area (Å²) in [5.74, 6) is -0.410. The number of ether oxygens (including phenoxy) is 3. The largest absolute Gasteiger partial charge is 0.491 e. The normalized spacial score (nSPS) is 18.0. The fraction of sp³-hybridized carbons (Fsp3) is 0.532. The summed E-state index contributed by atoms with van der Waals surface area (Å²) < 4.78 is 56.6. The number of benzene rings is 3. The molecule has 3 aromatic carbocycles. The zero-order chi connectivity index (χ0) is 46.9. The number of nitrogens with zero attached hydrogens (tertiary/aromatic N) is 8. The van der Waals surface area contributed by atoms with E-state index in [1.54, 1.807) is 34.0 Å². The lowest BCUT2D eigenvalue weighted by molar-refractivity contribution is -0.190. The summed E-state index contributed by atoms with van der Waals surface area (Å²) in [4.78, 5) is 21.6. The van der Waals surface area contributed by atoms with Gasteiger partial charge in [0.15, 0.2) is 0 Å². The van der Waals surface area contributed by atoms with Crippen LogP contribution in [-0.4, -0.2) is 94.2 Å². The summed E-state index contributed by atoms with van der Waals surface area (Å²) in [6, 6.07) is 21.6. The zero-order valence-electron chi connectivity index (χ0n) is 38.2. The fourth-order valence-corrected chi connectivity index (χ4v) is 8.88. The van der Waals surface area contributed by atoms with Crippen LogP contribution in [0.25, 0.3) is 5.69 Å². The van der Waals surface area contributed by atoms with Gasteiger partial charge in [0.2, 0.25) is 5.79 Å². The third-order valence-corrected chi connectivity index (χ3v) is 12.9. The number of unbranched alkanes of at least 4 members (excludes halogenated alkanes) is 9. The third kappa shape index (κ3) is 14.8. The van der Waals surface area contributed by atoms with E-state index in [1.807, 2.05) is 44.2 Å². The minimum atomic E-state index is -4.23. The lowest BCUT2D eigenvalue weighted by atomic mass is 10.1. The SMILES string of the molecule is CCCCCCCCCCCCOS(=O)(=O)O.CC[C@H](C)n1ncn(-c2ccc(N3CCN(c4ccc(OC[C@H]5CO[C@](Cn6cncn6)(c6ccc(Cl)cc6Cl)O5)cc4)CC3)cc2)c1=O. The Morgan fingerprint density at radius 1 is 0.818 bits per heavy atom. The first-order valence-corrected chi connectivity index (χ1v) is 25.2. The Morgan fingerprint density at radius 2 is 1.42 bits per heavy atom. The molecule has 0 bridgehead atoms. The predicted octanol–water partition coefficient (Wildman–Crippen LogP) is 9.30. The Balaban J connectivity index is 0.000000361. The van der Waals surface area contributed by atoms with Gasteiger partial charge in [-0.1, -0.05) is 101 Å². The average Bonchev–Trinajstić information content (AvgIpc) is 4.08. The molecule has 16 nitrogen and oxygen atoms in total. The molecular weight excluding hydrogens is 908 g/mol. The van der Waals surface area contributed by atoms with Crippen LogP contribution in [0.1, 0.15) is 103 Å². The summed E-state index contributed by atoms with van der Waals surface area (Å²) in [7, 11) is -4.23. The highest BCUT2D eigenvalue weighted by Gasteiger charge is 2.45. The number of halogens is 2. The van der Waals surface area contributed by atoms with E-state index in [0.717, 1.165) is 68.3 Å². The molecular formula is C47H64Cl2N8O8S. The van der Waals surface area contributed by atoms with Crippen molar-refractivity contribution in [2.75, 3.05) is 55.8 Å². The van der Waals surface area contributed by atoms with Crippen LogP contribution in [0.3, 0.4) is 0 Å². The standard InChI is InChI=1S/C35H38Cl2N8O4.C12H26O4S/c1-3-25(2)45-34(46)44(24-40-45)29-7-5-27(6-8-29)41-14-16-42(17-15-41)28-9-11-30(12-10-28)47-19-31-20-48-35(49-31,21-43-23-38-22-39-43)32-13-4-26(36)18-33(32)37;1-2-3-4-5-6-7-8-9-10-11-12-16-17(13,14)15/h4-13,18,22-25,31H,3,14-17,19-21H2,1-2H3;2-12H2,1H3,(H,13,14,15)/t25-,31-,35-;/m0./s1. The van der Waals surface area contributed by atoms with Gasteiger partial charge >= 0.3 is 16.1 Å². The topological polar surface area (TPSA) is 168 Å².